The maximum absolute atomic E-state index is 11.6. The van der Waals surface area contributed by atoms with Gasteiger partial charge in [-0.3, -0.25) is 4.57 Å². The molecule has 9 aromatic carbocycles. The Morgan fingerprint density at radius 3 is 1.47 bits per heavy atom. The van der Waals surface area contributed by atoms with Gasteiger partial charge in [-0.05, 0) is 58.4 Å². The van der Waals surface area contributed by atoms with Gasteiger partial charge in [-0.25, -0.2) is 4.98 Å². The smallest absolute Gasteiger partial charge is 0.238 e. The van der Waals surface area contributed by atoms with E-state index in [4.69, 9.17) is 15.0 Å². The SMILES string of the molecule is Bc1c(B)c(O)c(B)c(-c2ccc(-c3c(B)c(B)c(B)c(C)c3B)c(-n3c4ccccc4c4ccc5c6ccccc6n(-c6nc(-c7ccccc7)nc(-c7ccc(-c8ccccc8)cc7)n6)c5c43)c2)c1B. The maximum atomic E-state index is 11.6. The highest BCUT2D eigenvalue weighted by Crippen LogP contribution is 2.43. The molecule has 72 heavy (non-hydrogen) atoms. The molecule has 0 aliphatic heterocycles. The van der Waals surface area contributed by atoms with Gasteiger partial charge in [0, 0.05) is 38.2 Å². The summed E-state index contributed by atoms with van der Waals surface area (Å²) in [5, 5.41) is 16.1. The predicted octanol–water partition coefficient (Wildman–Crippen LogP) is 0.482. The minimum Gasteiger partial charge on any atom is -0.509 e. The van der Waals surface area contributed by atoms with Crippen molar-refractivity contribution in [3.8, 4) is 73.5 Å². The van der Waals surface area contributed by atoms with Gasteiger partial charge in [0.25, 0.3) is 0 Å². The summed E-state index contributed by atoms with van der Waals surface area (Å²) in [6.07, 6.45) is 0. The average Bonchev–Trinajstić information content (AvgIpc) is 3.95. The van der Waals surface area contributed by atoms with Crippen molar-refractivity contribution >= 4 is 150 Å². The highest BCUT2D eigenvalue weighted by Gasteiger charge is 2.27. The van der Waals surface area contributed by atoms with Crippen LogP contribution < -0.4 is 43.7 Å². The van der Waals surface area contributed by atoms with Crippen molar-refractivity contribution in [2.75, 3.05) is 0 Å². The molecule has 3 heterocycles. The Morgan fingerprint density at radius 2 is 0.847 bits per heavy atom. The molecule has 0 radical (unpaired) electrons. The monoisotopic (exact) mass is 917 g/mol. The highest BCUT2D eigenvalue weighted by molar-refractivity contribution is 6.63. The Balaban J connectivity index is 1.23. The Morgan fingerprint density at radius 1 is 0.375 bits per heavy atom. The van der Waals surface area contributed by atoms with E-state index in [1.165, 1.54) is 33.0 Å². The van der Waals surface area contributed by atoms with E-state index in [9.17, 15) is 5.11 Å². The third kappa shape index (κ3) is 6.94. The first-order valence-corrected chi connectivity index (χ1v) is 24.9. The molecule has 0 amide bonds. The molecule has 0 atom stereocenters. The number of nitrogens with zero attached hydrogens (tertiary/aromatic N) is 5. The third-order valence-corrected chi connectivity index (χ3v) is 16.0. The molecule has 0 aliphatic carbocycles. The first kappa shape index (κ1) is 45.1. The van der Waals surface area contributed by atoms with Crippen molar-refractivity contribution in [1.82, 2.24) is 24.1 Å². The van der Waals surface area contributed by atoms with Gasteiger partial charge in [-0.2, -0.15) is 9.97 Å². The van der Waals surface area contributed by atoms with Crippen molar-refractivity contribution in [2.45, 2.75) is 6.92 Å². The van der Waals surface area contributed by atoms with E-state index in [1.54, 1.807) is 0 Å². The van der Waals surface area contributed by atoms with Crippen LogP contribution in [0.3, 0.4) is 0 Å². The number of hydrogen-bond donors (Lipinski definition) is 1. The molecule has 0 aliphatic rings. The second-order valence-electron chi connectivity index (χ2n) is 19.6. The fraction of sp³-hybridized carbons (Fsp3) is 0.0172. The normalized spacial score (nSPS) is 11.6. The Labute approximate surface area is 426 Å². The maximum Gasteiger partial charge on any atom is 0.238 e. The molecule has 1 N–H and O–H groups in total. The van der Waals surface area contributed by atoms with Crippen LogP contribution in [0.1, 0.15) is 5.56 Å². The topological polar surface area (TPSA) is 68.8 Å². The third-order valence-electron chi connectivity index (χ3n) is 16.0. The lowest BCUT2D eigenvalue weighted by Crippen LogP contribution is -2.46. The van der Waals surface area contributed by atoms with Crippen LogP contribution in [0, 0.1) is 6.92 Å². The average molecular weight is 917 g/mol. The number of phenols is 1. The summed E-state index contributed by atoms with van der Waals surface area (Å²) in [5.41, 5.74) is 24.2. The van der Waals surface area contributed by atoms with Crippen molar-refractivity contribution in [2.24, 2.45) is 0 Å². The summed E-state index contributed by atoms with van der Waals surface area (Å²) >= 11 is 0. The van der Waals surface area contributed by atoms with Crippen molar-refractivity contribution in [1.29, 1.82) is 0 Å². The van der Waals surface area contributed by atoms with Crippen LogP contribution in [-0.2, 0) is 0 Å². The number of phenolic OH excluding ortho intramolecular Hbond substituents is 1. The predicted molar refractivity (Wildman–Crippen MR) is 328 cm³/mol. The number of fused-ring (bicyclic) bond motifs is 7. The van der Waals surface area contributed by atoms with Crippen LogP contribution in [-0.4, -0.2) is 92.0 Å². The lowest BCUT2D eigenvalue weighted by molar-refractivity contribution is 0.484. The molecule has 0 fully saturated rings. The van der Waals surface area contributed by atoms with Crippen molar-refractivity contribution in [3.05, 3.63) is 169 Å². The molecule has 14 heteroatoms. The number of para-hydroxylation sites is 2. The Kier molecular flexibility index (Phi) is 10.9. The van der Waals surface area contributed by atoms with Gasteiger partial charge in [-0.1, -0.05) is 184 Å². The summed E-state index contributed by atoms with van der Waals surface area (Å²) in [6, 6.07) is 58.1. The fourth-order valence-electron chi connectivity index (χ4n) is 11.5. The van der Waals surface area contributed by atoms with Crippen LogP contribution in [0.25, 0.3) is 111 Å². The van der Waals surface area contributed by atoms with Crippen LogP contribution in [0.15, 0.2) is 164 Å². The molecule has 0 spiro atoms. The standard InChI is InChI=1S/C58H47B8N5O/c1-29-45(59)44(48(62)50(64)46(29)60)39-25-24-34(43-47(61)51(65)52(66)55(72)49(43)63)28-42(39)70-40-18-10-8-16-35(40)37-26-27-38-36-17-9-11-19-41(36)71(54(38)53(37)70)58-68-56(32-14-6-3-7-15-32)67-57(69-58)33-22-20-31(21-23-33)30-12-4-2-5-13-30/h2-28,72H,59-66H2,1H3. The summed E-state index contributed by atoms with van der Waals surface area (Å²) in [7, 11) is 17.4. The van der Waals surface area contributed by atoms with Gasteiger partial charge in [-0.15, -0.1) is 5.46 Å². The quantitative estimate of drug-likeness (QED) is 0.237. The van der Waals surface area contributed by atoms with E-state index in [-0.39, 0.29) is 0 Å². The fourth-order valence-corrected chi connectivity index (χ4v) is 11.5. The first-order valence-electron chi connectivity index (χ1n) is 24.9. The van der Waals surface area contributed by atoms with E-state index in [0.717, 1.165) is 110 Å². The zero-order chi connectivity index (χ0) is 49.7. The van der Waals surface area contributed by atoms with Crippen LogP contribution in [0.4, 0.5) is 0 Å². The summed E-state index contributed by atoms with van der Waals surface area (Å²) in [4.78, 5) is 16.1. The second kappa shape index (κ2) is 17.3. The molecule has 12 aromatic rings. The van der Waals surface area contributed by atoms with E-state index in [1.807, 2.05) is 40.0 Å². The van der Waals surface area contributed by atoms with Gasteiger partial charge in [0.2, 0.25) is 5.95 Å². The lowest BCUT2D eigenvalue weighted by atomic mass is 9.63. The molecule has 334 valence electrons. The van der Waals surface area contributed by atoms with Gasteiger partial charge in [0.1, 0.15) is 68.5 Å². The second-order valence-corrected chi connectivity index (χ2v) is 19.6. The minimum absolute atomic E-state index is 0.344. The highest BCUT2D eigenvalue weighted by atomic mass is 16.3. The van der Waals surface area contributed by atoms with E-state index < -0.39 is 0 Å². The molecule has 0 saturated heterocycles. The summed E-state index contributed by atoms with van der Waals surface area (Å²) in [5.74, 6) is 2.06. The number of aromatic nitrogens is 5. The number of aromatic hydroxyl groups is 1. The van der Waals surface area contributed by atoms with E-state index in [0.29, 0.717) is 23.3 Å². The molecule has 0 unspecified atom stereocenters. The number of rotatable bonds is 7. The van der Waals surface area contributed by atoms with Crippen LogP contribution >= 0.6 is 0 Å². The minimum atomic E-state index is 0.344. The molecular weight excluding hydrogens is 869 g/mol. The van der Waals surface area contributed by atoms with Gasteiger partial charge >= 0.3 is 0 Å². The zero-order valence-corrected chi connectivity index (χ0v) is 42.3. The van der Waals surface area contributed by atoms with Gasteiger partial charge < -0.3 is 9.67 Å². The van der Waals surface area contributed by atoms with E-state index >= 15 is 0 Å². The van der Waals surface area contributed by atoms with Gasteiger partial charge in [0.05, 0.1) is 27.8 Å². The Hall–Kier alpha value is -8.09. The van der Waals surface area contributed by atoms with Gasteiger partial charge in [0.15, 0.2) is 11.6 Å². The zero-order valence-electron chi connectivity index (χ0n) is 42.3. The molecule has 0 saturated carbocycles. The first-order chi connectivity index (χ1) is 34.9. The molecule has 0 bridgehead atoms. The van der Waals surface area contributed by atoms with Crippen molar-refractivity contribution < 1.29 is 5.11 Å². The molecular formula is C58H47B8N5O. The van der Waals surface area contributed by atoms with E-state index in [2.05, 4.69) is 203 Å². The van der Waals surface area contributed by atoms with Crippen LogP contribution in [0.5, 0.6) is 5.75 Å². The van der Waals surface area contributed by atoms with Crippen molar-refractivity contribution in [3.63, 3.8) is 0 Å². The Bertz CT molecular complexity index is 4160. The molecule has 6 nitrogen and oxygen atoms in total. The molecule has 3 aromatic heterocycles. The molecule has 12 rings (SSSR count). The summed E-state index contributed by atoms with van der Waals surface area (Å²) < 4.78 is 4.77. The van der Waals surface area contributed by atoms with Crippen LogP contribution in [0.2, 0.25) is 0 Å². The lowest BCUT2D eigenvalue weighted by Gasteiger charge is -2.25. The summed E-state index contributed by atoms with van der Waals surface area (Å²) in [6.45, 7) is 2.26. The number of benzene rings is 9. The number of hydrogen-bond acceptors (Lipinski definition) is 4. The largest absolute Gasteiger partial charge is 0.509 e.